The third-order valence-corrected chi connectivity index (χ3v) is 2.88. The summed E-state index contributed by atoms with van der Waals surface area (Å²) in [5, 5.41) is 39.5. The second-order valence-electron chi connectivity index (χ2n) is 3.54. The van der Waals surface area contributed by atoms with E-state index in [1.54, 1.807) is 18.2 Å². The first-order valence-corrected chi connectivity index (χ1v) is 5.49. The standard InChI is InChI=1S/C12H6ClN5O2/c1-7-9(2-3-11(12(7)13)18(19)20)17-10(6-16)8(4-14)5-15/h2-3,17H,1H3. The Morgan fingerprint density at radius 3 is 2.35 bits per heavy atom. The van der Waals surface area contributed by atoms with E-state index in [0.717, 1.165) is 0 Å². The van der Waals surface area contributed by atoms with E-state index < -0.39 is 4.92 Å². The topological polar surface area (TPSA) is 127 Å². The molecule has 0 saturated heterocycles. The van der Waals surface area contributed by atoms with E-state index in [0.29, 0.717) is 11.3 Å². The molecule has 0 heterocycles. The summed E-state index contributed by atoms with van der Waals surface area (Å²) >= 11 is 5.86. The van der Waals surface area contributed by atoms with Crippen molar-refractivity contribution >= 4 is 23.0 Å². The minimum atomic E-state index is -0.629. The lowest BCUT2D eigenvalue weighted by molar-refractivity contribution is -0.384. The van der Waals surface area contributed by atoms with Crippen molar-refractivity contribution in [2.75, 3.05) is 5.32 Å². The normalized spacial score (nSPS) is 8.75. The third kappa shape index (κ3) is 2.84. The molecule has 1 N–H and O–H groups in total. The van der Waals surface area contributed by atoms with Crippen LogP contribution in [0.5, 0.6) is 0 Å². The van der Waals surface area contributed by atoms with Gasteiger partial charge in [-0.15, -0.1) is 0 Å². The Morgan fingerprint density at radius 2 is 1.90 bits per heavy atom. The Kier molecular flexibility index (Phi) is 4.64. The minimum Gasteiger partial charge on any atom is -0.345 e. The van der Waals surface area contributed by atoms with Gasteiger partial charge in [0.1, 0.15) is 28.9 Å². The monoisotopic (exact) mass is 287 g/mol. The van der Waals surface area contributed by atoms with Crippen molar-refractivity contribution in [2.24, 2.45) is 0 Å². The van der Waals surface area contributed by atoms with Gasteiger partial charge in [-0.25, -0.2) is 0 Å². The van der Waals surface area contributed by atoms with Crippen molar-refractivity contribution in [1.29, 1.82) is 15.8 Å². The Morgan fingerprint density at radius 1 is 1.30 bits per heavy atom. The van der Waals surface area contributed by atoms with E-state index in [2.05, 4.69) is 5.32 Å². The van der Waals surface area contributed by atoms with Crippen LogP contribution in [0.2, 0.25) is 5.02 Å². The van der Waals surface area contributed by atoms with E-state index in [9.17, 15) is 10.1 Å². The van der Waals surface area contributed by atoms with Gasteiger partial charge in [0.2, 0.25) is 0 Å². The van der Waals surface area contributed by atoms with Crippen LogP contribution in [0.15, 0.2) is 23.4 Å². The maximum Gasteiger partial charge on any atom is 0.288 e. The number of nitro groups is 1. The number of rotatable bonds is 3. The summed E-state index contributed by atoms with van der Waals surface area (Å²) in [5.41, 5.74) is -0.258. The zero-order valence-electron chi connectivity index (χ0n) is 10.1. The van der Waals surface area contributed by atoms with E-state index in [-0.39, 0.29) is 22.0 Å². The SMILES string of the molecule is Cc1c(NC(C#N)=C(C#N)C#N)ccc([N+](=O)[O-])c1Cl. The van der Waals surface area contributed by atoms with Gasteiger partial charge in [0, 0.05) is 11.8 Å². The minimum absolute atomic E-state index is 0.0762. The summed E-state index contributed by atoms with van der Waals surface area (Å²) < 4.78 is 0. The summed E-state index contributed by atoms with van der Waals surface area (Å²) in [6.45, 7) is 1.52. The Labute approximate surface area is 119 Å². The fourth-order valence-electron chi connectivity index (χ4n) is 1.37. The number of halogens is 1. The van der Waals surface area contributed by atoms with Crippen LogP contribution in [0.4, 0.5) is 11.4 Å². The number of nitrogens with one attached hydrogen (secondary N) is 1. The number of allylic oxidation sites excluding steroid dienone is 2. The van der Waals surface area contributed by atoms with E-state index in [1.165, 1.54) is 19.1 Å². The molecule has 8 heteroatoms. The number of anilines is 1. The predicted octanol–water partition coefficient (Wildman–Crippen LogP) is 2.79. The molecule has 98 valence electrons. The molecule has 1 aromatic rings. The van der Waals surface area contributed by atoms with Crippen molar-refractivity contribution in [3.05, 3.63) is 44.1 Å². The molecule has 0 unspecified atom stereocenters. The van der Waals surface area contributed by atoms with Crippen LogP contribution in [0, 0.1) is 51.0 Å². The average molecular weight is 288 g/mol. The number of hydrogen-bond donors (Lipinski definition) is 1. The van der Waals surface area contributed by atoms with Crippen molar-refractivity contribution in [3.8, 4) is 18.2 Å². The maximum absolute atomic E-state index is 10.7. The van der Waals surface area contributed by atoms with E-state index in [1.807, 2.05) is 0 Å². The van der Waals surface area contributed by atoms with Crippen LogP contribution in [0.25, 0.3) is 0 Å². The molecule has 7 nitrogen and oxygen atoms in total. The number of nitriles is 3. The summed E-state index contributed by atoms with van der Waals surface area (Å²) in [6, 6.07) is 7.36. The molecule has 0 atom stereocenters. The molecule has 1 rings (SSSR count). The summed E-state index contributed by atoms with van der Waals surface area (Å²) in [4.78, 5) is 10.1. The second-order valence-corrected chi connectivity index (χ2v) is 3.92. The van der Waals surface area contributed by atoms with Crippen molar-refractivity contribution < 1.29 is 4.92 Å². The summed E-state index contributed by atoms with van der Waals surface area (Å²) in [7, 11) is 0. The van der Waals surface area contributed by atoms with Crippen LogP contribution >= 0.6 is 11.6 Å². The fourth-order valence-corrected chi connectivity index (χ4v) is 1.60. The number of nitro benzene ring substituents is 1. The first kappa shape index (κ1) is 15.0. The zero-order valence-corrected chi connectivity index (χ0v) is 10.9. The molecule has 0 aliphatic carbocycles. The Hall–Kier alpha value is -3.08. The van der Waals surface area contributed by atoms with Gasteiger partial charge in [0.15, 0.2) is 5.57 Å². The van der Waals surface area contributed by atoms with Gasteiger partial charge in [0.05, 0.1) is 4.92 Å². The molecule has 0 fully saturated rings. The fraction of sp³-hybridized carbons (Fsp3) is 0.0833. The molecular weight excluding hydrogens is 282 g/mol. The Bertz CT molecular complexity index is 718. The number of benzene rings is 1. The van der Waals surface area contributed by atoms with Crippen LogP contribution in [-0.2, 0) is 0 Å². The third-order valence-electron chi connectivity index (χ3n) is 2.41. The highest BCUT2D eigenvalue weighted by molar-refractivity contribution is 6.33. The lowest BCUT2D eigenvalue weighted by atomic mass is 10.1. The zero-order chi connectivity index (χ0) is 15.3. The van der Waals surface area contributed by atoms with Crippen LogP contribution in [-0.4, -0.2) is 4.92 Å². The van der Waals surface area contributed by atoms with Crippen molar-refractivity contribution in [3.63, 3.8) is 0 Å². The van der Waals surface area contributed by atoms with Crippen molar-refractivity contribution in [2.45, 2.75) is 6.92 Å². The highest BCUT2D eigenvalue weighted by Crippen LogP contribution is 2.33. The molecule has 1 aromatic carbocycles. The summed E-state index contributed by atoms with van der Waals surface area (Å²) in [6.07, 6.45) is 0. The quantitative estimate of drug-likeness (QED) is 0.517. The number of hydrogen-bond acceptors (Lipinski definition) is 6. The van der Waals surface area contributed by atoms with Gasteiger partial charge >= 0.3 is 0 Å². The molecule has 0 aromatic heterocycles. The van der Waals surface area contributed by atoms with Gasteiger partial charge in [-0.05, 0) is 18.6 Å². The van der Waals surface area contributed by atoms with Crippen LogP contribution in [0.1, 0.15) is 5.56 Å². The van der Waals surface area contributed by atoms with Crippen molar-refractivity contribution in [1.82, 2.24) is 0 Å². The van der Waals surface area contributed by atoms with Gasteiger partial charge in [-0.2, -0.15) is 15.8 Å². The molecule has 0 amide bonds. The highest BCUT2D eigenvalue weighted by atomic mass is 35.5. The smallest absolute Gasteiger partial charge is 0.288 e. The average Bonchev–Trinajstić information content (AvgIpc) is 2.43. The molecular formula is C12H6ClN5O2. The second kappa shape index (κ2) is 6.19. The molecule has 0 radical (unpaired) electrons. The highest BCUT2D eigenvalue weighted by Gasteiger charge is 2.17. The summed E-state index contributed by atoms with van der Waals surface area (Å²) in [5.74, 6) is 0. The molecule has 0 bridgehead atoms. The van der Waals surface area contributed by atoms with E-state index >= 15 is 0 Å². The maximum atomic E-state index is 10.7. The lowest BCUT2D eigenvalue weighted by Crippen LogP contribution is -2.03. The lowest BCUT2D eigenvalue weighted by Gasteiger charge is -2.09. The van der Waals surface area contributed by atoms with E-state index in [4.69, 9.17) is 27.4 Å². The number of nitrogens with zero attached hydrogens (tertiary/aromatic N) is 4. The molecule has 0 aliphatic rings. The molecule has 20 heavy (non-hydrogen) atoms. The largest absolute Gasteiger partial charge is 0.345 e. The van der Waals surface area contributed by atoms with Gasteiger partial charge in [-0.3, -0.25) is 10.1 Å². The Balaban J connectivity index is 3.33. The predicted molar refractivity (Wildman–Crippen MR) is 70.3 cm³/mol. The van der Waals surface area contributed by atoms with Crippen LogP contribution in [0.3, 0.4) is 0 Å². The van der Waals surface area contributed by atoms with Gasteiger partial charge < -0.3 is 5.32 Å². The van der Waals surface area contributed by atoms with Gasteiger partial charge in [-0.1, -0.05) is 11.6 Å². The van der Waals surface area contributed by atoms with Gasteiger partial charge in [0.25, 0.3) is 5.69 Å². The molecule has 0 spiro atoms. The first-order chi connectivity index (χ1) is 9.46. The molecule has 0 saturated carbocycles. The first-order valence-electron chi connectivity index (χ1n) is 5.11. The van der Waals surface area contributed by atoms with Crippen LogP contribution < -0.4 is 5.32 Å². The molecule has 0 aliphatic heterocycles.